The van der Waals surface area contributed by atoms with Gasteiger partial charge in [0, 0.05) is 34.2 Å². The minimum Gasteiger partial charge on any atom is -0.314 e. The van der Waals surface area contributed by atoms with Gasteiger partial charge in [0.25, 0.3) is 0 Å². The van der Waals surface area contributed by atoms with Gasteiger partial charge in [-0.2, -0.15) is 10.1 Å². The van der Waals surface area contributed by atoms with E-state index in [2.05, 4.69) is 76.1 Å². The zero-order valence-corrected chi connectivity index (χ0v) is 22.2. The smallest absolute Gasteiger partial charge is 0.0575 e. The van der Waals surface area contributed by atoms with Crippen molar-refractivity contribution in [2.75, 3.05) is 27.3 Å². The highest BCUT2D eigenvalue weighted by molar-refractivity contribution is 5.00. The topological polar surface area (TPSA) is 49.0 Å². The summed E-state index contributed by atoms with van der Waals surface area (Å²) in [5.41, 5.74) is 0.214. The number of piperidine rings is 2. The lowest BCUT2D eigenvalue weighted by molar-refractivity contribution is -0.267. The molecule has 2 saturated heterocycles. The van der Waals surface area contributed by atoms with E-state index in [-0.39, 0.29) is 22.2 Å². The summed E-state index contributed by atoms with van der Waals surface area (Å²) in [6.45, 7) is 20.5. The molecule has 0 atom stereocenters. The number of rotatable bonds is 10. The highest BCUT2D eigenvalue weighted by Gasteiger charge is 2.46. The molecule has 2 heterocycles. The van der Waals surface area contributed by atoms with E-state index in [0.29, 0.717) is 12.1 Å². The first-order valence-electron chi connectivity index (χ1n) is 12.4. The lowest BCUT2D eigenvalue weighted by Gasteiger charge is -2.53. The molecule has 0 amide bonds. The average Bonchev–Trinajstić information content (AvgIpc) is 2.57. The second kappa shape index (κ2) is 10.4. The van der Waals surface area contributed by atoms with Gasteiger partial charge < -0.3 is 20.3 Å². The molecule has 0 saturated carbocycles. The van der Waals surface area contributed by atoms with Gasteiger partial charge in [0.1, 0.15) is 0 Å². The maximum absolute atomic E-state index is 5.72. The number of nitrogens with one attached hydrogen (secondary N) is 2. The van der Waals surface area contributed by atoms with Crippen LogP contribution < -0.4 is 10.6 Å². The summed E-state index contributed by atoms with van der Waals surface area (Å²) in [6.07, 6.45) is 8.25. The molecular weight excluding hydrogens is 388 g/mol. The monoisotopic (exact) mass is 440 g/mol. The normalized spacial score (nSPS) is 26.9. The lowest BCUT2D eigenvalue weighted by atomic mass is 9.79. The molecule has 0 unspecified atom stereocenters. The van der Waals surface area contributed by atoms with Gasteiger partial charge in [-0.15, -0.1) is 0 Å². The van der Waals surface area contributed by atoms with E-state index in [1.807, 2.05) is 0 Å². The van der Waals surface area contributed by atoms with Crippen molar-refractivity contribution in [3.8, 4) is 0 Å². The average molecular weight is 441 g/mol. The highest BCUT2D eigenvalue weighted by atomic mass is 16.7. The number of hydrogen-bond acceptors (Lipinski definition) is 6. The van der Waals surface area contributed by atoms with Crippen LogP contribution in [0.2, 0.25) is 0 Å². The fourth-order valence-electron chi connectivity index (χ4n) is 6.84. The van der Waals surface area contributed by atoms with Crippen molar-refractivity contribution < 1.29 is 9.68 Å². The van der Waals surface area contributed by atoms with Crippen LogP contribution in [0.3, 0.4) is 0 Å². The SMILES string of the molecule is CON1C(C)(C)CC(NCCCCCNC2CC(C)(C)N(OC)C(C)(C)C2)CC1(C)C. The molecule has 2 rings (SSSR count). The Balaban J connectivity index is 1.65. The van der Waals surface area contributed by atoms with Crippen molar-refractivity contribution >= 4 is 0 Å². The summed E-state index contributed by atoms with van der Waals surface area (Å²) in [5.74, 6) is 0. The first-order valence-corrected chi connectivity index (χ1v) is 12.4. The predicted molar refractivity (Wildman–Crippen MR) is 130 cm³/mol. The second-order valence-electron chi connectivity index (χ2n) is 12.4. The van der Waals surface area contributed by atoms with Gasteiger partial charge in [-0.3, -0.25) is 0 Å². The minimum atomic E-state index is 0.0536. The van der Waals surface area contributed by atoms with E-state index >= 15 is 0 Å². The Labute approximate surface area is 192 Å². The van der Waals surface area contributed by atoms with Gasteiger partial charge in [0.2, 0.25) is 0 Å². The highest BCUT2D eigenvalue weighted by Crippen LogP contribution is 2.39. The van der Waals surface area contributed by atoms with Gasteiger partial charge in [-0.05, 0) is 107 Å². The van der Waals surface area contributed by atoms with Crippen molar-refractivity contribution in [3.63, 3.8) is 0 Å². The molecule has 2 N–H and O–H groups in total. The second-order valence-corrected chi connectivity index (χ2v) is 12.4. The lowest BCUT2D eigenvalue weighted by Crippen LogP contribution is -2.63. The molecule has 0 aromatic rings. The molecule has 2 aliphatic heterocycles. The van der Waals surface area contributed by atoms with Crippen molar-refractivity contribution in [2.24, 2.45) is 0 Å². The molecule has 184 valence electrons. The Hall–Kier alpha value is -0.240. The van der Waals surface area contributed by atoms with E-state index in [9.17, 15) is 0 Å². The van der Waals surface area contributed by atoms with E-state index in [0.717, 1.165) is 38.8 Å². The van der Waals surface area contributed by atoms with Crippen LogP contribution in [0.25, 0.3) is 0 Å². The first kappa shape index (κ1) is 27.0. The van der Waals surface area contributed by atoms with Gasteiger partial charge in [0.15, 0.2) is 0 Å². The summed E-state index contributed by atoms with van der Waals surface area (Å²) in [6, 6.07) is 1.12. The summed E-state index contributed by atoms with van der Waals surface area (Å²) in [4.78, 5) is 11.4. The molecule has 31 heavy (non-hydrogen) atoms. The molecular formula is C25H52N4O2. The first-order chi connectivity index (χ1) is 14.2. The maximum atomic E-state index is 5.72. The van der Waals surface area contributed by atoms with E-state index in [4.69, 9.17) is 9.68 Å². The van der Waals surface area contributed by atoms with Crippen LogP contribution in [0.15, 0.2) is 0 Å². The Morgan fingerprint density at radius 3 is 1.13 bits per heavy atom. The van der Waals surface area contributed by atoms with Crippen LogP contribution in [0.1, 0.15) is 100 Å². The molecule has 0 aliphatic carbocycles. The summed E-state index contributed by atoms with van der Waals surface area (Å²) in [5, 5.41) is 12.0. The van der Waals surface area contributed by atoms with Gasteiger partial charge >= 0.3 is 0 Å². The van der Waals surface area contributed by atoms with Crippen LogP contribution in [-0.4, -0.2) is 71.7 Å². The van der Waals surface area contributed by atoms with Crippen LogP contribution >= 0.6 is 0 Å². The predicted octanol–water partition coefficient (Wildman–Crippen LogP) is 4.50. The fraction of sp³-hybridized carbons (Fsp3) is 1.00. The Morgan fingerprint density at radius 1 is 0.581 bits per heavy atom. The molecule has 0 aromatic carbocycles. The van der Waals surface area contributed by atoms with Crippen LogP contribution in [0, 0.1) is 0 Å². The van der Waals surface area contributed by atoms with E-state index < -0.39 is 0 Å². The number of hydroxylamine groups is 4. The Morgan fingerprint density at radius 2 is 0.871 bits per heavy atom. The summed E-state index contributed by atoms with van der Waals surface area (Å²) < 4.78 is 0. The third kappa shape index (κ3) is 6.87. The number of hydrogen-bond donors (Lipinski definition) is 2. The van der Waals surface area contributed by atoms with Crippen LogP contribution in [0.4, 0.5) is 0 Å². The summed E-state index contributed by atoms with van der Waals surface area (Å²) in [7, 11) is 3.60. The molecule has 6 nitrogen and oxygen atoms in total. The molecule has 2 aliphatic rings. The Kier molecular flexibility index (Phi) is 9.02. The standard InChI is InChI=1S/C25H52N4O2/c1-22(2)16-20(17-23(3,4)28(22)30-9)26-14-12-11-13-15-27-21-18-24(5,6)29(31-10)25(7,8)19-21/h20-21,26-27H,11-19H2,1-10H3. The van der Waals surface area contributed by atoms with Gasteiger partial charge in [-0.1, -0.05) is 6.42 Å². The zero-order valence-electron chi connectivity index (χ0n) is 22.2. The molecule has 2 fully saturated rings. The number of nitrogens with zero attached hydrogens (tertiary/aromatic N) is 2. The van der Waals surface area contributed by atoms with Crippen molar-refractivity contribution in [1.29, 1.82) is 0 Å². The molecule has 0 radical (unpaired) electrons. The van der Waals surface area contributed by atoms with Gasteiger partial charge in [-0.25, -0.2) is 0 Å². The zero-order chi connectivity index (χ0) is 23.5. The van der Waals surface area contributed by atoms with Crippen molar-refractivity contribution in [3.05, 3.63) is 0 Å². The third-order valence-electron chi connectivity index (χ3n) is 7.27. The summed E-state index contributed by atoms with van der Waals surface area (Å²) >= 11 is 0. The molecule has 0 aromatic heterocycles. The largest absolute Gasteiger partial charge is 0.314 e. The molecule has 0 spiro atoms. The molecule has 6 heteroatoms. The quantitative estimate of drug-likeness (QED) is 0.488. The fourth-order valence-corrected chi connectivity index (χ4v) is 6.84. The maximum Gasteiger partial charge on any atom is 0.0575 e. The Bertz CT molecular complexity index is 478. The molecule has 0 bridgehead atoms. The van der Waals surface area contributed by atoms with Crippen molar-refractivity contribution in [1.82, 2.24) is 20.8 Å². The van der Waals surface area contributed by atoms with Gasteiger partial charge in [0.05, 0.1) is 14.2 Å². The van der Waals surface area contributed by atoms with E-state index in [1.54, 1.807) is 14.2 Å². The van der Waals surface area contributed by atoms with Crippen LogP contribution in [-0.2, 0) is 9.68 Å². The van der Waals surface area contributed by atoms with Crippen LogP contribution in [0.5, 0.6) is 0 Å². The van der Waals surface area contributed by atoms with Crippen molar-refractivity contribution in [2.45, 2.75) is 135 Å². The minimum absolute atomic E-state index is 0.0536. The third-order valence-corrected chi connectivity index (χ3v) is 7.27. The van der Waals surface area contributed by atoms with E-state index in [1.165, 1.54) is 19.3 Å². The number of unbranched alkanes of at least 4 members (excludes halogenated alkanes) is 2.